The van der Waals surface area contributed by atoms with Crippen molar-refractivity contribution in [2.45, 2.75) is 19.9 Å². The van der Waals surface area contributed by atoms with Crippen molar-refractivity contribution in [2.24, 2.45) is 0 Å². The van der Waals surface area contributed by atoms with Crippen molar-refractivity contribution >= 4 is 17.6 Å². The lowest BCUT2D eigenvalue weighted by atomic mass is 10.3. The van der Waals surface area contributed by atoms with Crippen molar-refractivity contribution in [1.82, 2.24) is 25.1 Å². The summed E-state index contributed by atoms with van der Waals surface area (Å²) in [6, 6.07) is 5.99. The molecule has 0 atom stereocenters. The molecular weight excluding hydrogens is 266 g/mol. The van der Waals surface area contributed by atoms with E-state index in [4.69, 9.17) is 0 Å². The molecule has 7 nitrogen and oxygen atoms in total. The lowest BCUT2D eigenvalue weighted by Crippen LogP contribution is -2.43. The molecule has 2 aromatic rings. The predicted molar refractivity (Wildman–Crippen MR) is 82.9 cm³/mol. The third-order valence-electron chi connectivity index (χ3n) is 3.40. The zero-order chi connectivity index (χ0) is 14.5. The van der Waals surface area contributed by atoms with E-state index >= 15 is 0 Å². The molecule has 21 heavy (non-hydrogen) atoms. The molecule has 7 heteroatoms. The van der Waals surface area contributed by atoms with E-state index in [0.29, 0.717) is 5.95 Å². The molecule has 112 valence electrons. The van der Waals surface area contributed by atoms with Gasteiger partial charge in [-0.05, 0) is 18.6 Å². The number of nitrogens with one attached hydrogen (secondary N) is 2. The highest BCUT2D eigenvalue weighted by atomic mass is 15.4. The molecule has 0 aromatic carbocycles. The molecule has 2 N–H and O–H groups in total. The highest BCUT2D eigenvalue weighted by Crippen LogP contribution is 2.16. The number of anilines is 3. The lowest BCUT2D eigenvalue weighted by Gasteiger charge is -2.28. The van der Waals surface area contributed by atoms with Crippen LogP contribution in [0.15, 0.2) is 24.5 Å². The molecule has 2 aromatic heterocycles. The molecule has 1 aliphatic heterocycles. The van der Waals surface area contributed by atoms with Crippen LogP contribution in [0.2, 0.25) is 0 Å². The largest absolute Gasteiger partial charge is 0.354 e. The normalized spacial score (nSPS) is 15.2. The molecule has 0 radical (unpaired) electrons. The van der Waals surface area contributed by atoms with Gasteiger partial charge in [0.25, 0.3) is 0 Å². The Balaban J connectivity index is 1.69. The third kappa shape index (κ3) is 3.49. The molecule has 0 amide bonds. The fraction of sp³-hybridized carbons (Fsp3) is 0.500. The summed E-state index contributed by atoms with van der Waals surface area (Å²) >= 11 is 0. The smallest absolute Gasteiger partial charge is 0.247 e. The molecule has 0 aliphatic carbocycles. The van der Waals surface area contributed by atoms with Crippen LogP contribution >= 0.6 is 0 Å². The van der Waals surface area contributed by atoms with E-state index in [-0.39, 0.29) is 0 Å². The quantitative estimate of drug-likeness (QED) is 0.862. The van der Waals surface area contributed by atoms with Gasteiger partial charge in [-0.25, -0.2) is 9.97 Å². The first-order chi connectivity index (χ1) is 10.3. The summed E-state index contributed by atoms with van der Waals surface area (Å²) in [6.45, 7) is 6.97. The maximum atomic E-state index is 4.64. The number of nitrogens with zero attached hydrogens (tertiary/aromatic N) is 5. The van der Waals surface area contributed by atoms with Gasteiger partial charge in [0, 0.05) is 32.7 Å². The number of aryl methyl sites for hydroxylation is 1. The van der Waals surface area contributed by atoms with Crippen LogP contribution in [0.5, 0.6) is 0 Å². The fourth-order valence-electron chi connectivity index (χ4n) is 2.37. The van der Waals surface area contributed by atoms with Crippen molar-refractivity contribution in [3.05, 3.63) is 24.5 Å². The van der Waals surface area contributed by atoms with Crippen molar-refractivity contribution in [1.29, 1.82) is 0 Å². The Kier molecular flexibility index (Phi) is 4.30. The number of rotatable bonds is 5. The van der Waals surface area contributed by atoms with Crippen LogP contribution in [0.1, 0.15) is 13.3 Å². The van der Waals surface area contributed by atoms with E-state index in [2.05, 4.69) is 37.5 Å². The first-order valence-corrected chi connectivity index (χ1v) is 7.44. The average molecular weight is 287 g/mol. The van der Waals surface area contributed by atoms with Gasteiger partial charge in [0.1, 0.15) is 18.0 Å². The first kappa shape index (κ1) is 13.8. The summed E-state index contributed by atoms with van der Waals surface area (Å²) in [5, 5.41) is 10.9. The van der Waals surface area contributed by atoms with Crippen LogP contribution in [0.4, 0.5) is 17.6 Å². The molecule has 0 spiro atoms. The molecule has 3 rings (SSSR count). The molecule has 1 fully saturated rings. The Morgan fingerprint density at radius 2 is 2.14 bits per heavy atom. The topological polar surface area (TPSA) is 70.9 Å². The van der Waals surface area contributed by atoms with Gasteiger partial charge in [0.15, 0.2) is 0 Å². The zero-order valence-electron chi connectivity index (χ0n) is 12.3. The minimum absolute atomic E-state index is 0.591. The van der Waals surface area contributed by atoms with E-state index in [1.807, 2.05) is 22.9 Å². The van der Waals surface area contributed by atoms with Gasteiger partial charge >= 0.3 is 0 Å². The Morgan fingerprint density at radius 3 is 2.95 bits per heavy atom. The summed E-state index contributed by atoms with van der Waals surface area (Å²) in [5.41, 5.74) is 0. The Hall–Kier alpha value is -2.15. The summed E-state index contributed by atoms with van der Waals surface area (Å²) < 4.78 is 1.84. The van der Waals surface area contributed by atoms with Gasteiger partial charge in [-0.2, -0.15) is 0 Å². The highest BCUT2D eigenvalue weighted by molar-refractivity contribution is 5.52. The van der Waals surface area contributed by atoms with Crippen LogP contribution < -0.4 is 15.5 Å². The highest BCUT2D eigenvalue weighted by Gasteiger charge is 2.12. The standard InChI is InChI=1S/C14H21N7/c1-2-8-21-11-16-14(19-21)18-12-4-3-5-13(17-12)20-9-6-15-7-10-20/h3-5,11,15H,2,6-10H2,1H3,(H,17,18,19). The Morgan fingerprint density at radius 1 is 1.29 bits per heavy atom. The molecular formula is C14H21N7. The average Bonchev–Trinajstić information content (AvgIpc) is 2.96. The number of aromatic nitrogens is 4. The monoisotopic (exact) mass is 287 g/mol. The van der Waals surface area contributed by atoms with E-state index in [1.54, 1.807) is 6.33 Å². The number of piperazine rings is 1. The van der Waals surface area contributed by atoms with Crippen molar-refractivity contribution in [3.8, 4) is 0 Å². The van der Waals surface area contributed by atoms with E-state index < -0.39 is 0 Å². The van der Waals surface area contributed by atoms with Crippen molar-refractivity contribution in [2.75, 3.05) is 36.4 Å². The summed E-state index contributed by atoms with van der Waals surface area (Å²) in [6.07, 6.45) is 2.78. The van der Waals surface area contributed by atoms with Crippen LogP contribution in [0.3, 0.4) is 0 Å². The zero-order valence-corrected chi connectivity index (χ0v) is 12.3. The van der Waals surface area contributed by atoms with Gasteiger partial charge in [-0.1, -0.05) is 13.0 Å². The van der Waals surface area contributed by atoms with Gasteiger partial charge in [-0.3, -0.25) is 4.68 Å². The van der Waals surface area contributed by atoms with Crippen LogP contribution in [0, 0.1) is 0 Å². The summed E-state index contributed by atoms with van der Waals surface area (Å²) in [5.74, 6) is 2.36. The van der Waals surface area contributed by atoms with Crippen LogP contribution in [0.25, 0.3) is 0 Å². The minimum Gasteiger partial charge on any atom is -0.354 e. The molecule has 0 bridgehead atoms. The fourth-order valence-corrected chi connectivity index (χ4v) is 2.37. The van der Waals surface area contributed by atoms with Crippen LogP contribution in [-0.2, 0) is 6.54 Å². The molecule has 1 saturated heterocycles. The maximum absolute atomic E-state index is 4.64. The Labute approximate surface area is 124 Å². The number of hydrogen-bond donors (Lipinski definition) is 2. The molecule has 0 unspecified atom stereocenters. The molecule has 0 saturated carbocycles. The third-order valence-corrected chi connectivity index (χ3v) is 3.40. The van der Waals surface area contributed by atoms with Crippen molar-refractivity contribution in [3.63, 3.8) is 0 Å². The van der Waals surface area contributed by atoms with E-state index in [0.717, 1.165) is 50.8 Å². The lowest BCUT2D eigenvalue weighted by molar-refractivity contribution is 0.585. The molecule has 1 aliphatic rings. The summed E-state index contributed by atoms with van der Waals surface area (Å²) in [4.78, 5) is 11.2. The van der Waals surface area contributed by atoms with E-state index in [9.17, 15) is 0 Å². The molecule has 3 heterocycles. The SMILES string of the molecule is CCCn1cnc(Nc2cccc(N3CCNCC3)n2)n1. The second-order valence-corrected chi connectivity index (χ2v) is 5.07. The Bertz CT molecular complexity index is 574. The van der Waals surface area contributed by atoms with Gasteiger partial charge in [0.2, 0.25) is 5.95 Å². The second-order valence-electron chi connectivity index (χ2n) is 5.07. The van der Waals surface area contributed by atoms with Crippen LogP contribution in [-0.4, -0.2) is 45.9 Å². The van der Waals surface area contributed by atoms with Gasteiger partial charge in [-0.15, -0.1) is 5.10 Å². The summed E-state index contributed by atoms with van der Waals surface area (Å²) in [7, 11) is 0. The number of hydrogen-bond acceptors (Lipinski definition) is 6. The predicted octanol–water partition coefficient (Wildman–Crippen LogP) is 1.24. The van der Waals surface area contributed by atoms with Gasteiger partial charge in [0.05, 0.1) is 0 Å². The minimum atomic E-state index is 0.591. The number of pyridine rings is 1. The van der Waals surface area contributed by atoms with Gasteiger partial charge < -0.3 is 15.5 Å². The second kappa shape index (κ2) is 6.53. The maximum Gasteiger partial charge on any atom is 0.247 e. The van der Waals surface area contributed by atoms with E-state index in [1.165, 1.54) is 0 Å². The van der Waals surface area contributed by atoms with Crippen molar-refractivity contribution < 1.29 is 0 Å². The first-order valence-electron chi connectivity index (χ1n) is 7.44.